The summed E-state index contributed by atoms with van der Waals surface area (Å²) in [5, 5.41) is 0. The Labute approximate surface area is 147 Å². The Morgan fingerprint density at radius 2 is 1.79 bits per heavy atom. The molecular formula is C18H23NO4S. The standard InChI is InChI=1S/C18H23NO4S/c1-4-23-12-6-11-19-17(20)15(16(18(19)21)24-5-2)13-7-9-14(22-3)10-8-13/h7-10H,4-6,11-12H2,1-3H3. The van der Waals surface area contributed by atoms with Crippen LogP contribution in [0.25, 0.3) is 5.57 Å². The van der Waals surface area contributed by atoms with Crippen LogP contribution < -0.4 is 4.74 Å². The fraction of sp³-hybridized carbons (Fsp3) is 0.444. The van der Waals surface area contributed by atoms with Crippen LogP contribution in [0, 0.1) is 0 Å². The van der Waals surface area contributed by atoms with Crippen LogP contribution in [0.15, 0.2) is 29.2 Å². The van der Waals surface area contributed by atoms with Crippen molar-refractivity contribution in [2.45, 2.75) is 20.3 Å². The van der Waals surface area contributed by atoms with Crippen LogP contribution in [0.3, 0.4) is 0 Å². The zero-order valence-electron chi connectivity index (χ0n) is 14.3. The number of carbonyl (C=O) groups excluding carboxylic acids is 2. The van der Waals surface area contributed by atoms with Crippen molar-refractivity contribution < 1.29 is 19.1 Å². The van der Waals surface area contributed by atoms with E-state index in [2.05, 4.69) is 0 Å². The summed E-state index contributed by atoms with van der Waals surface area (Å²) in [5.41, 5.74) is 1.24. The minimum absolute atomic E-state index is 0.200. The van der Waals surface area contributed by atoms with Crippen molar-refractivity contribution in [3.05, 3.63) is 34.7 Å². The molecule has 24 heavy (non-hydrogen) atoms. The van der Waals surface area contributed by atoms with Crippen LogP contribution in [-0.4, -0.2) is 49.3 Å². The lowest BCUT2D eigenvalue weighted by Gasteiger charge is -2.14. The summed E-state index contributed by atoms with van der Waals surface area (Å²) >= 11 is 1.42. The Hall–Kier alpha value is -1.79. The minimum Gasteiger partial charge on any atom is -0.497 e. The van der Waals surface area contributed by atoms with Gasteiger partial charge in [-0.25, -0.2) is 0 Å². The molecule has 1 heterocycles. The summed E-state index contributed by atoms with van der Waals surface area (Å²) in [6.07, 6.45) is 0.644. The van der Waals surface area contributed by atoms with Crippen LogP contribution >= 0.6 is 11.8 Å². The van der Waals surface area contributed by atoms with Crippen molar-refractivity contribution in [3.63, 3.8) is 0 Å². The Balaban J connectivity index is 2.24. The van der Waals surface area contributed by atoms with E-state index in [1.807, 2.05) is 26.0 Å². The van der Waals surface area contributed by atoms with Crippen LogP contribution in [0.1, 0.15) is 25.8 Å². The van der Waals surface area contributed by atoms with Gasteiger partial charge in [0.05, 0.1) is 17.6 Å². The number of thioether (sulfide) groups is 1. The van der Waals surface area contributed by atoms with E-state index < -0.39 is 0 Å². The summed E-state index contributed by atoms with van der Waals surface area (Å²) in [7, 11) is 1.59. The van der Waals surface area contributed by atoms with Crippen molar-refractivity contribution in [1.82, 2.24) is 4.90 Å². The average Bonchev–Trinajstić information content (AvgIpc) is 2.83. The molecule has 130 valence electrons. The molecule has 6 heteroatoms. The maximum Gasteiger partial charge on any atom is 0.267 e. The van der Waals surface area contributed by atoms with E-state index in [0.717, 1.165) is 17.1 Å². The van der Waals surface area contributed by atoms with Crippen LogP contribution in [0.4, 0.5) is 0 Å². The average molecular weight is 349 g/mol. The molecule has 0 spiro atoms. The smallest absolute Gasteiger partial charge is 0.267 e. The molecule has 2 rings (SSSR count). The van der Waals surface area contributed by atoms with Gasteiger partial charge in [-0.2, -0.15) is 0 Å². The zero-order chi connectivity index (χ0) is 17.5. The molecule has 0 atom stereocenters. The van der Waals surface area contributed by atoms with Crippen molar-refractivity contribution in [2.24, 2.45) is 0 Å². The molecule has 2 amide bonds. The molecule has 0 aliphatic carbocycles. The lowest BCUT2D eigenvalue weighted by Crippen LogP contribution is -2.33. The van der Waals surface area contributed by atoms with Gasteiger partial charge >= 0.3 is 0 Å². The summed E-state index contributed by atoms with van der Waals surface area (Å²) in [5.74, 6) is 1.03. The molecule has 0 saturated carbocycles. The van der Waals surface area contributed by atoms with Crippen LogP contribution in [-0.2, 0) is 14.3 Å². The van der Waals surface area contributed by atoms with E-state index in [1.54, 1.807) is 19.2 Å². The highest BCUT2D eigenvalue weighted by molar-refractivity contribution is 8.04. The van der Waals surface area contributed by atoms with E-state index >= 15 is 0 Å². The van der Waals surface area contributed by atoms with E-state index in [-0.39, 0.29) is 11.8 Å². The highest BCUT2D eigenvalue weighted by atomic mass is 32.2. The molecule has 0 saturated heterocycles. The Morgan fingerprint density at radius 3 is 2.38 bits per heavy atom. The topological polar surface area (TPSA) is 55.8 Å². The molecule has 1 aromatic carbocycles. The lowest BCUT2D eigenvalue weighted by molar-refractivity contribution is -0.136. The highest BCUT2D eigenvalue weighted by Gasteiger charge is 2.38. The molecule has 0 bridgehead atoms. The first-order chi connectivity index (χ1) is 11.6. The molecule has 5 nitrogen and oxygen atoms in total. The SMILES string of the molecule is CCOCCCN1C(=O)C(SCC)=C(c2ccc(OC)cc2)C1=O. The third-order valence-electron chi connectivity index (χ3n) is 3.67. The van der Waals surface area contributed by atoms with Crippen molar-refractivity contribution in [3.8, 4) is 5.75 Å². The first-order valence-corrected chi connectivity index (χ1v) is 9.08. The summed E-state index contributed by atoms with van der Waals surface area (Å²) in [6, 6.07) is 7.23. The molecule has 1 aromatic rings. The maximum absolute atomic E-state index is 12.8. The fourth-order valence-corrected chi connectivity index (χ4v) is 3.39. The number of benzene rings is 1. The van der Waals surface area contributed by atoms with Gasteiger partial charge in [0.25, 0.3) is 11.8 Å². The predicted molar refractivity (Wildman–Crippen MR) is 95.9 cm³/mol. The monoisotopic (exact) mass is 349 g/mol. The van der Waals surface area contributed by atoms with Gasteiger partial charge < -0.3 is 9.47 Å². The van der Waals surface area contributed by atoms with Crippen molar-refractivity contribution >= 4 is 29.1 Å². The number of rotatable bonds is 9. The van der Waals surface area contributed by atoms with Crippen molar-refractivity contribution in [1.29, 1.82) is 0 Å². The molecule has 0 fully saturated rings. The quantitative estimate of drug-likeness (QED) is 0.507. The molecule has 0 N–H and O–H groups in total. The third-order valence-corrected chi connectivity index (χ3v) is 4.62. The number of ether oxygens (including phenoxy) is 2. The minimum atomic E-state index is -0.224. The first kappa shape index (κ1) is 18.5. The number of nitrogens with zero attached hydrogens (tertiary/aromatic N) is 1. The number of carbonyl (C=O) groups is 2. The van der Waals surface area contributed by atoms with Gasteiger partial charge in [0, 0.05) is 19.8 Å². The maximum atomic E-state index is 12.8. The van der Waals surface area contributed by atoms with Gasteiger partial charge in [-0.15, -0.1) is 11.8 Å². The molecule has 0 unspecified atom stereocenters. The van der Waals surface area contributed by atoms with Gasteiger partial charge in [0.15, 0.2) is 0 Å². The number of imide groups is 1. The van der Waals surface area contributed by atoms with E-state index in [9.17, 15) is 9.59 Å². The third kappa shape index (κ3) is 3.99. The van der Waals surface area contributed by atoms with Crippen molar-refractivity contribution in [2.75, 3.05) is 32.6 Å². The summed E-state index contributed by atoms with van der Waals surface area (Å²) in [6.45, 7) is 5.45. The Bertz CT molecular complexity index is 624. The molecule has 0 radical (unpaired) electrons. The fourth-order valence-electron chi connectivity index (χ4n) is 2.52. The summed E-state index contributed by atoms with van der Waals surface area (Å²) < 4.78 is 10.4. The first-order valence-electron chi connectivity index (χ1n) is 8.09. The second-order valence-corrected chi connectivity index (χ2v) is 6.45. The Morgan fingerprint density at radius 1 is 1.08 bits per heavy atom. The lowest BCUT2D eigenvalue weighted by atomic mass is 10.1. The number of hydrogen-bond acceptors (Lipinski definition) is 5. The van der Waals surface area contributed by atoms with Gasteiger partial charge in [0.2, 0.25) is 0 Å². The number of hydrogen-bond donors (Lipinski definition) is 0. The molecule has 1 aliphatic rings. The van der Waals surface area contributed by atoms with Gasteiger partial charge in [0.1, 0.15) is 5.75 Å². The highest BCUT2D eigenvalue weighted by Crippen LogP contribution is 2.36. The number of amides is 2. The van der Waals surface area contributed by atoms with Gasteiger partial charge in [-0.3, -0.25) is 14.5 Å². The normalized spacial score (nSPS) is 14.7. The van der Waals surface area contributed by atoms with Crippen LogP contribution in [0.5, 0.6) is 5.75 Å². The zero-order valence-corrected chi connectivity index (χ0v) is 15.1. The largest absolute Gasteiger partial charge is 0.497 e. The second kappa shape index (κ2) is 8.89. The van der Waals surface area contributed by atoms with Gasteiger partial charge in [-0.1, -0.05) is 19.1 Å². The van der Waals surface area contributed by atoms with E-state index in [1.165, 1.54) is 16.7 Å². The van der Waals surface area contributed by atoms with Gasteiger partial charge in [-0.05, 0) is 36.8 Å². The molecule has 0 aromatic heterocycles. The molecule has 1 aliphatic heterocycles. The van der Waals surface area contributed by atoms with E-state index in [4.69, 9.17) is 9.47 Å². The second-order valence-electron chi connectivity index (χ2n) is 5.18. The van der Waals surface area contributed by atoms with Crippen LogP contribution in [0.2, 0.25) is 0 Å². The molecular weight excluding hydrogens is 326 g/mol. The Kier molecular flexibility index (Phi) is 6.87. The predicted octanol–water partition coefficient (Wildman–Crippen LogP) is 2.95. The summed E-state index contributed by atoms with van der Waals surface area (Å²) in [4.78, 5) is 27.3. The number of methoxy groups -OCH3 is 1. The van der Waals surface area contributed by atoms with E-state index in [0.29, 0.717) is 36.7 Å².